The smallest absolute Gasteiger partial charge is 0.257 e. The predicted molar refractivity (Wildman–Crippen MR) is 124 cm³/mol. The molecule has 0 bridgehead atoms. The number of rotatable bonds is 5. The van der Waals surface area contributed by atoms with Gasteiger partial charge in [0.15, 0.2) is 0 Å². The van der Waals surface area contributed by atoms with Crippen molar-refractivity contribution in [2.24, 2.45) is 0 Å². The van der Waals surface area contributed by atoms with E-state index in [4.69, 9.17) is 16.3 Å². The Kier molecular flexibility index (Phi) is 5.89. The number of carbonyl (C=O) groups is 1. The van der Waals surface area contributed by atoms with Crippen LogP contribution in [0.5, 0.6) is 5.75 Å². The van der Waals surface area contributed by atoms with Crippen molar-refractivity contribution in [3.63, 3.8) is 0 Å². The molecule has 5 rings (SSSR count). The van der Waals surface area contributed by atoms with Gasteiger partial charge in [-0.25, -0.2) is 0 Å². The quantitative estimate of drug-likeness (QED) is 0.449. The Morgan fingerprint density at radius 3 is 2.70 bits per heavy atom. The number of benzene rings is 2. The van der Waals surface area contributed by atoms with E-state index in [0.717, 1.165) is 30.5 Å². The highest BCUT2D eigenvalue weighted by Crippen LogP contribution is 2.30. The molecule has 9 nitrogen and oxygen atoms in total. The number of nitrogens with zero attached hydrogens (tertiary/aromatic N) is 7. The summed E-state index contributed by atoms with van der Waals surface area (Å²) < 4.78 is 6.92. The molecule has 2 aromatic heterocycles. The lowest BCUT2D eigenvalue weighted by Crippen LogP contribution is -2.48. The molecule has 168 valence electrons. The third-order valence-electron chi connectivity index (χ3n) is 5.86. The molecular formula is C23H22ClN7O2. The maximum Gasteiger partial charge on any atom is 0.257 e. The zero-order valence-electron chi connectivity index (χ0n) is 18.1. The summed E-state index contributed by atoms with van der Waals surface area (Å²) in [5.74, 6) is 0.322. The van der Waals surface area contributed by atoms with Crippen LogP contribution in [0.15, 0.2) is 55.0 Å². The lowest BCUT2D eigenvalue weighted by atomic mass is 10.1. The molecule has 0 N–H and O–H groups in total. The molecule has 2 aromatic carbocycles. The van der Waals surface area contributed by atoms with Gasteiger partial charge >= 0.3 is 0 Å². The lowest BCUT2D eigenvalue weighted by Gasteiger charge is -2.35. The number of pyridine rings is 1. The molecular weight excluding hydrogens is 442 g/mol. The lowest BCUT2D eigenvalue weighted by molar-refractivity contribution is 0.0625. The van der Waals surface area contributed by atoms with Gasteiger partial charge in [-0.05, 0) is 28.1 Å². The highest BCUT2D eigenvalue weighted by molar-refractivity contribution is 6.33. The van der Waals surface area contributed by atoms with Crippen LogP contribution in [0.3, 0.4) is 0 Å². The van der Waals surface area contributed by atoms with Gasteiger partial charge in [-0.3, -0.25) is 14.7 Å². The summed E-state index contributed by atoms with van der Waals surface area (Å²) in [6.45, 7) is 3.58. The zero-order chi connectivity index (χ0) is 22.8. The average Bonchev–Trinajstić information content (AvgIpc) is 3.39. The second-order valence-corrected chi connectivity index (χ2v) is 8.23. The van der Waals surface area contributed by atoms with Gasteiger partial charge in [0.25, 0.3) is 5.91 Å². The molecule has 1 aliphatic heterocycles. The van der Waals surface area contributed by atoms with E-state index in [-0.39, 0.29) is 5.91 Å². The first kappa shape index (κ1) is 21.3. The standard InChI is InChI=1S/C23H22ClN7O2/c1-33-21-13-20(31-15-26-27-28-31)19(24)12-18(21)23(32)30-10-8-29(9-11-30)14-17-5-2-4-16-6-3-7-25-22(16)17/h2-7,12-13,15H,8-11,14H2,1H3. The normalized spacial score (nSPS) is 14.5. The molecule has 33 heavy (non-hydrogen) atoms. The van der Waals surface area contributed by atoms with E-state index < -0.39 is 0 Å². The number of tetrazole rings is 1. The molecule has 0 atom stereocenters. The number of aromatic nitrogens is 5. The summed E-state index contributed by atoms with van der Waals surface area (Å²) in [7, 11) is 1.53. The molecule has 0 spiro atoms. The average molecular weight is 464 g/mol. The number of para-hydroxylation sites is 1. The maximum atomic E-state index is 13.3. The highest BCUT2D eigenvalue weighted by atomic mass is 35.5. The van der Waals surface area contributed by atoms with Crippen molar-refractivity contribution < 1.29 is 9.53 Å². The minimum Gasteiger partial charge on any atom is -0.496 e. The number of fused-ring (bicyclic) bond motifs is 1. The van der Waals surface area contributed by atoms with Crippen LogP contribution in [0.4, 0.5) is 0 Å². The van der Waals surface area contributed by atoms with E-state index in [9.17, 15) is 4.79 Å². The maximum absolute atomic E-state index is 13.3. The summed E-state index contributed by atoms with van der Waals surface area (Å²) in [5.41, 5.74) is 3.19. The number of piperazine rings is 1. The van der Waals surface area contributed by atoms with Gasteiger partial charge in [0.1, 0.15) is 12.1 Å². The fourth-order valence-corrected chi connectivity index (χ4v) is 4.39. The Morgan fingerprint density at radius 2 is 1.94 bits per heavy atom. The number of amides is 1. The SMILES string of the molecule is COc1cc(-n2cnnn2)c(Cl)cc1C(=O)N1CCN(Cc2cccc3cccnc23)CC1. The summed E-state index contributed by atoms with van der Waals surface area (Å²) in [5, 5.41) is 12.6. The first-order valence-corrected chi connectivity index (χ1v) is 11.0. The first-order chi connectivity index (χ1) is 16.1. The van der Waals surface area contributed by atoms with Gasteiger partial charge in [0, 0.05) is 50.4 Å². The van der Waals surface area contributed by atoms with Crippen molar-refractivity contribution in [1.29, 1.82) is 0 Å². The number of hydrogen-bond acceptors (Lipinski definition) is 7. The van der Waals surface area contributed by atoms with Crippen molar-refractivity contribution in [1.82, 2.24) is 35.0 Å². The van der Waals surface area contributed by atoms with Gasteiger partial charge in [-0.2, -0.15) is 4.68 Å². The zero-order valence-corrected chi connectivity index (χ0v) is 18.8. The van der Waals surface area contributed by atoms with Crippen LogP contribution in [0, 0.1) is 0 Å². The van der Waals surface area contributed by atoms with E-state index in [1.54, 1.807) is 12.1 Å². The minimum atomic E-state index is -0.108. The fourth-order valence-electron chi connectivity index (χ4n) is 4.14. The number of ether oxygens (including phenoxy) is 1. The second kappa shape index (κ2) is 9.13. The van der Waals surface area contributed by atoms with Crippen LogP contribution in [0.1, 0.15) is 15.9 Å². The molecule has 1 amide bonds. The molecule has 1 saturated heterocycles. The molecule has 3 heterocycles. The van der Waals surface area contributed by atoms with Crippen molar-refractivity contribution in [3.05, 3.63) is 71.1 Å². The molecule has 0 aliphatic carbocycles. The molecule has 1 aliphatic rings. The number of hydrogen-bond donors (Lipinski definition) is 0. The Morgan fingerprint density at radius 1 is 1.12 bits per heavy atom. The van der Waals surface area contributed by atoms with Crippen LogP contribution < -0.4 is 4.74 Å². The van der Waals surface area contributed by atoms with Crippen molar-refractivity contribution in [3.8, 4) is 11.4 Å². The number of carbonyl (C=O) groups excluding carboxylic acids is 1. The van der Waals surface area contributed by atoms with Crippen molar-refractivity contribution in [2.45, 2.75) is 6.54 Å². The Hall–Kier alpha value is -3.56. The Bertz CT molecular complexity index is 1280. The molecule has 1 fully saturated rings. The molecule has 10 heteroatoms. The highest BCUT2D eigenvalue weighted by Gasteiger charge is 2.26. The Balaban J connectivity index is 1.29. The van der Waals surface area contributed by atoms with Gasteiger partial charge in [-0.1, -0.05) is 35.9 Å². The van der Waals surface area contributed by atoms with E-state index in [2.05, 4.69) is 49.7 Å². The monoisotopic (exact) mass is 463 g/mol. The topological polar surface area (TPSA) is 89.3 Å². The van der Waals surface area contributed by atoms with Crippen LogP contribution in [0.2, 0.25) is 5.02 Å². The van der Waals surface area contributed by atoms with E-state index in [1.165, 1.54) is 23.7 Å². The number of methoxy groups -OCH3 is 1. The molecule has 4 aromatic rings. The van der Waals surface area contributed by atoms with Gasteiger partial charge in [-0.15, -0.1) is 5.10 Å². The van der Waals surface area contributed by atoms with Gasteiger partial charge in [0.2, 0.25) is 0 Å². The van der Waals surface area contributed by atoms with E-state index >= 15 is 0 Å². The third-order valence-corrected chi connectivity index (χ3v) is 6.17. The first-order valence-electron chi connectivity index (χ1n) is 10.6. The summed E-state index contributed by atoms with van der Waals surface area (Å²) in [6.07, 6.45) is 3.26. The minimum absolute atomic E-state index is 0.108. The van der Waals surface area contributed by atoms with Crippen LogP contribution in [-0.2, 0) is 6.54 Å². The van der Waals surface area contributed by atoms with Crippen molar-refractivity contribution >= 4 is 28.4 Å². The van der Waals surface area contributed by atoms with Crippen LogP contribution in [0.25, 0.3) is 16.6 Å². The predicted octanol–water partition coefficient (Wildman–Crippen LogP) is 2.83. The fraction of sp³-hybridized carbons (Fsp3) is 0.261. The van der Waals surface area contributed by atoms with E-state index in [1.807, 2.05) is 17.2 Å². The summed E-state index contributed by atoms with van der Waals surface area (Å²) in [6, 6.07) is 13.6. The van der Waals surface area contributed by atoms with Crippen molar-refractivity contribution in [2.75, 3.05) is 33.3 Å². The summed E-state index contributed by atoms with van der Waals surface area (Å²) in [4.78, 5) is 22.0. The third kappa shape index (κ3) is 4.24. The van der Waals surface area contributed by atoms with Crippen LogP contribution >= 0.6 is 11.6 Å². The van der Waals surface area contributed by atoms with Crippen LogP contribution in [-0.4, -0.2) is 74.2 Å². The largest absolute Gasteiger partial charge is 0.496 e. The van der Waals surface area contributed by atoms with E-state index in [0.29, 0.717) is 35.1 Å². The van der Waals surface area contributed by atoms with Gasteiger partial charge in [0.05, 0.1) is 28.9 Å². The number of halogens is 1. The molecule has 0 unspecified atom stereocenters. The molecule has 0 radical (unpaired) electrons. The Labute approximate surface area is 195 Å². The summed E-state index contributed by atoms with van der Waals surface area (Å²) >= 11 is 6.44. The molecule has 0 saturated carbocycles. The van der Waals surface area contributed by atoms with Gasteiger partial charge < -0.3 is 9.64 Å². The second-order valence-electron chi connectivity index (χ2n) is 7.82.